The van der Waals surface area contributed by atoms with Crippen molar-refractivity contribution in [1.29, 1.82) is 0 Å². The van der Waals surface area contributed by atoms with Gasteiger partial charge in [-0.25, -0.2) is 0 Å². The minimum absolute atomic E-state index is 0.228. The average molecular weight is 280 g/mol. The zero-order chi connectivity index (χ0) is 14.8. The Morgan fingerprint density at radius 3 is 2.71 bits per heavy atom. The topological polar surface area (TPSA) is 59.2 Å². The first-order valence-electron chi connectivity index (χ1n) is 6.80. The third-order valence-corrected chi connectivity index (χ3v) is 3.37. The fourth-order valence-corrected chi connectivity index (χ4v) is 2.19. The Balaban J connectivity index is 1.84. The van der Waals surface area contributed by atoms with Gasteiger partial charge in [-0.3, -0.25) is 0 Å². The molecule has 0 radical (unpaired) electrons. The zero-order valence-electron chi connectivity index (χ0n) is 12.0. The Labute approximate surface area is 123 Å². The first-order chi connectivity index (χ1) is 10.1. The van der Waals surface area contributed by atoms with E-state index in [0.717, 1.165) is 16.7 Å². The lowest BCUT2D eigenvalue weighted by Gasteiger charge is -1.99. The average Bonchev–Trinajstić information content (AvgIpc) is 2.90. The number of phenols is 1. The molecule has 0 saturated heterocycles. The van der Waals surface area contributed by atoms with E-state index in [9.17, 15) is 5.11 Å². The van der Waals surface area contributed by atoms with Crippen molar-refractivity contribution in [1.82, 2.24) is 10.1 Å². The van der Waals surface area contributed by atoms with Crippen LogP contribution < -0.4 is 0 Å². The molecule has 3 aromatic rings. The maximum absolute atomic E-state index is 9.74. The van der Waals surface area contributed by atoms with Gasteiger partial charge in [0.2, 0.25) is 0 Å². The van der Waals surface area contributed by atoms with Crippen molar-refractivity contribution >= 4 is 0 Å². The molecule has 0 amide bonds. The molecule has 0 atom stereocenters. The van der Waals surface area contributed by atoms with E-state index in [4.69, 9.17) is 4.52 Å². The number of hydrogen-bond donors (Lipinski definition) is 1. The standard InChI is InChI=1S/C17H16N2O2/c1-11-4-3-5-13(8-11)9-16-18-17(21-19-16)14-7-6-12(2)15(20)10-14/h3-8,10,20H,9H2,1-2H3. The highest BCUT2D eigenvalue weighted by atomic mass is 16.5. The summed E-state index contributed by atoms with van der Waals surface area (Å²) in [7, 11) is 0. The summed E-state index contributed by atoms with van der Waals surface area (Å²) in [6.07, 6.45) is 0.628. The van der Waals surface area contributed by atoms with Gasteiger partial charge in [-0.1, -0.05) is 41.1 Å². The largest absolute Gasteiger partial charge is 0.508 e. The van der Waals surface area contributed by atoms with Gasteiger partial charge in [-0.15, -0.1) is 0 Å². The number of hydrogen-bond acceptors (Lipinski definition) is 4. The minimum atomic E-state index is 0.228. The van der Waals surface area contributed by atoms with E-state index in [1.807, 2.05) is 31.2 Å². The molecule has 0 aliphatic rings. The predicted octanol–water partition coefficient (Wildman–Crippen LogP) is 3.65. The van der Waals surface area contributed by atoms with E-state index in [2.05, 4.69) is 29.2 Å². The van der Waals surface area contributed by atoms with Crippen LogP contribution in [0.3, 0.4) is 0 Å². The Morgan fingerprint density at radius 2 is 1.95 bits per heavy atom. The summed E-state index contributed by atoms with van der Waals surface area (Å²) in [5.74, 6) is 1.29. The van der Waals surface area contributed by atoms with Crippen molar-refractivity contribution in [2.24, 2.45) is 0 Å². The molecule has 1 aromatic heterocycles. The molecule has 4 nitrogen and oxygen atoms in total. The number of nitrogens with zero attached hydrogens (tertiary/aromatic N) is 2. The molecular weight excluding hydrogens is 264 g/mol. The van der Waals surface area contributed by atoms with Crippen molar-refractivity contribution in [2.75, 3.05) is 0 Å². The van der Waals surface area contributed by atoms with E-state index in [1.54, 1.807) is 6.07 Å². The van der Waals surface area contributed by atoms with Gasteiger partial charge in [0.15, 0.2) is 5.82 Å². The number of benzene rings is 2. The summed E-state index contributed by atoms with van der Waals surface area (Å²) in [6.45, 7) is 3.90. The van der Waals surface area contributed by atoms with Gasteiger partial charge >= 0.3 is 0 Å². The van der Waals surface area contributed by atoms with Gasteiger partial charge in [0.1, 0.15) is 5.75 Å². The van der Waals surface area contributed by atoms with E-state index >= 15 is 0 Å². The van der Waals surface area contributed by atoms with Gasteiger partial charge in [0.05, 0.1) is 0 Å². The second-order valence-electron chi connectivity index (χ2n) is 5.18. The van der Waals surface area contributed by atoms with Crippen LogP contribution in [-0.4, -0.2) is 15.2 Å². The van der Waals surface area contributed by atoms with Gasteiger partial charge in [-0.2, -0.15) is 4.98 Å². The lowest BCUT2D eigenvalue weighted by Crippen LogP contribution is -1.91. The van der Waals surface area contributed by atoms with Crippen LogP contribution in [0.1, 0.15) is 22.5 Å². The monoisotopic (exact) mass is 280 g/mol. The van der Waals surface area contributed by atoms with E-state index in [-0.39, 0.29) is 5.75 Å². The molecule has 21 heavy (non-hydrogen) atoms. The third-order valence-electron chi connectivity index (χ3n) is 3.37. The fraction of sp³-hybridized carbons (Fsp3) is 0.176. The highest BCUT2D eigenvalue weighted by molar-refractivity contribution is 5.57. The van der Waals surface area contributed by atoms with Crippen LogP contribution in [0.25, 0.3) is 11.5 Å². The molecule has 0 fully saturated rings. The van der Waals surface area contributed by atoms with E-state index < -0.39 is 0 Å². The van der Waals surface area contributed by atoms with Crippen molar-refractivity contribution in [3.8, 4) is 17.2 Å². The van der Waals surface area contributed by atoms with Crippen molar-refractivity contribution in [3.05, 3.63) is 65.0 Å². The Hall–Kier alpha value is -2.62. The number of aromatic hydroxyl groups is 1. The molecule has 3 rings (SSSR count). The summed E-state index contributed by atoms with van der Waals surface area (Å²) in [5.41, 5.74) is 3.90. The number of rotatable bonds is 3. The van der Waals surface area contributed by atoms with Gasteiger partial charge < -0.3 is 9.63 Å². The molecule has 0 aliphatic carbocycles. The number of aryl methyl sites for hydroxylation is 2. The van der Waals surface area contributed by atoms with Gasteiger partial charge in [-0.05, 0) is 37.1 Å². The van der Waals surface area contributed by atoms with Crippen LogP contribution in [0.4, 0.5) is 0 Å². The highest BCUT2D eigenvalue weighted by Gasteiger charge is 2.10. The molecule has 4 heteroatoms. The summed E-state index contributed by atoms with van der Waals surface area (Å²) >= 11 is 0. The Kier molecular flexibility index (Phi) is 3.44. The lowest BCUT2D eigenvalue weighted by atomic mass is 10.1. The molecule has 0 unspecified atom stereocenters. The Bertz CT molecular complexity index is 778. The van der Waals surface area contributed by atoms with Gasteiger partial charge in [0.25, 0.3) is 5.89 Å². The van der Waals surface area contributed by atoms with Crippen LogP contribution >= 0.6 is 0 Å². The smallest absolute Gasteiger partial charge is 0.258 e. The van der Waals surface area contributed by atoms with E-state index in [1.165, 1.54) is 5.56 Å². The summed E-state index contributed by atoms with van der Waals surface area (Å²) < 4.78 is 5.28. The van der Waals surface area contributed by atoms with Crippen LogP contribution in [0.2, 0.25) is 0 Å². The van der Waals surface area contributed by atoms with Crippen LogP contribution in [-0.2, 0) is 6.42 Å². The molecule has 1 heterocycles. The molecule has 0 aliphatic heterocycles. The number of aromatic nitrogens is 2. The van der Waals surface area contributed by atoms with Crippen molar-refractivity contribution in [2.45, 2.75) is 20.3 Å². The normalized spacial score (nSPS) is 10.8. The SMILES string of the molecule is Cc1cccc(Cc2noc(-c3ccc(C)c(O)c3)n2)c1. The zero-order valence-corrected chi connectivity index (χ0v) is 12.0. The first-order valence-corrected chi connectivity index (χ1v) is 6.80. The van der Waals surface area contributed by atoms with Crippen LogP contribution in [0, 0.1) is 13.8 Å². The molecule has 0 spiro atoms. The predicted molar refractivity (Wildman–Crippen MR) is 80.1 cm³/mol. The second kappa shape index (κ2) is 5.40. The molecular formula is C17H16N2O2. The molecule has 2 aromatic carbocycles. The molecule has 0 bridgehead atoms. The highest BCUT2D eigenvalue weighted by Crippen LogP contribution is 2.25. The summed E-state index contributed by atoms with van der Waals surface area (Å²) in [5, 5.41) is 13.7. The minimum Gasteiger partial charge on any atom is -0.508 e. The van der Waals surface area contributed by atoms with Gasteiger partial charge in [0, 0.05) is 12.0 Å². The maximum Gasteiger partial charge on any atom is 0.258 e. The third kappa shape index (κ3) is 2.94. The number of phenolic OH excluding ortho intramolecular Hbond substituents is 1. The fourth-order valence-electron chi connectivity index (χ4n) is 2.19. The van der Waals surface area contributed by atoms with Crippen LogP contribution in [0.5, 0.6) is 5.75 Å². The quantitative estimate of drug-likeness (QED) is 0.795. The molecule has 106 valence electrons. The second-order valence-corrected chi connectivity index (χ2v) is 5.18. The van der Waals surface area contributed by atoms with Crippen LogP contribution in [0.15, 0.2) is 47.0 Å². The first kappa shape index (κ1) is 13.4. The summed E-state index contributed by atoms with van der Waals surface area (Å²) in [4.78, 5) is 4.39. The maximum atomic E-state index is 9.74. The van der Waals surface area contributed by atoms with Crippen molar-refractivity contribution in [3.63, 3.8) is 0 Å². The van der Waals surface area contributed by atoms with E-state index in [0.29, 0.717) is 18.1 Å². The van der Waals surface area contributed by atoms with Crippen molar-refractivity contribution < 1.29 is 9.63 Å². The molecule has 1 N–H and O–H groups in total. The Morgan fingerprint density at radius 1 is 1.10 bits per heavy atom. The lowest BCUT2D eigenvalue weighted by molar-refractivity contribution is 0.423. The molecule has 0 saturated carbocycles. The summed E-state index contributed by atoms with van der Waals surface area (Å²) in [6, 6.07) is 13.5.